The highest BCUT2D eigenvalue weighted by Crippen LogP contribution is 2.31. The molecule has 0 aromatic carbocycles. The van der Waals surface area contributed by atoms with Gasteiger partial charge in [-0.25, -0.2) is 0 Å². The molecule has 0 saturated carbocycles. The van der Waals surface area contributed by atoms with Crippen molar-refractivity contribution in [3.8, 4) is 6.07 Å². The fourth-order valence-corrected chi connectivity index (χ4v) is 4.77. The van der Waals surface area contributed by atoms with Crippen LogP contribution < -0.4 is 0 Å². The summed E-state index contributed by atoms with van der Waals surface area (Å²) in [7, 11) is 0. The largest absolute Gasteiger partial charge is 0.390 e. The van der Waals surface area contributed by atoms with Gasteiger partial charge in [0, 0.05) is 16.7 Å². The monoisotopic (exact) mass is 457 g/mol. The number of hydrogen-bond acceptors (Lipinski definition) is 4. The zero-order valence-electron chi connectivity index (χ0n) is 22.2. The van der Waals surface area contributed by atoms with E-state index in [1.807, 2.05) is 13.0 Å². The van der Waals surface area contributed by atoms with Crippen LogP contribution in [0.4, 0.5) is 0 Å². The summed E-state index contributed by atoms with van der Waals surface area (Å²) in [6, 6.07) is 1.85. The summed E-state index contributed by atoms with van der Waals surface area (Å²) in [5.41, 5.74) is 0.115. The van der Waals surface area contributed by atoms with E-state index in [2.05, 4.69) is 27.7 Å². The van der Waals surface area contributed by atoms with Crippen LogP contribution in [-0.2, 0) is 9.59 Å². The second-order valence-electron chi connectivity index (χ2n) is 11.2. The number of nitriles is 1. The number of ketones is 2. The number of carbonyl (C=O) groups is 2. The van der Waals surface area contributed by atoms with E-state index >= 15 is 0 Å². The molecule has 1 N–H and O–H groups in total. The van der Waals surface area contributed by atoms with Gasteiger partial charge in [0.2, 0.25) is 0 Å². The fraction of sp³-hybridized carbons (Fsp3) is 0.759. The second-order valence-corrected chi connectivity index (χ2v) is 11.2. The molecule has 3 atom stereocenters. The van der Waals surface area contributed by atoms with E-state index in [1.165, 1.54) is 45.4 Å². The zero-order valence-corrected chi connectivity index (χ0v) is 22.2. The number of aliphatic hydroxyl groups is 1. The third kappa shape index (κ3) is 9.97. The highest BCUT2D eigenvalue weighted by molar-refractivity contribution is 6.26. The third-order valence-electron chi connectivity index (χ3n) is 7.32. The molecule has 0 spiro atoms. The number of rotatable bonds is 15. The van der Waals surface area contributed by atoms with Gasteiger partial charge in [-0.15, -0.1) is 0 Å². The average molecular weight is 458 g/mol. The van der Waals surface area contributed by atoms with Gasteiger partial charge in [-0.1, -0.05) is 79.1 Å². The quantitative estimate of drug-likeness (QED) is 0.262. The Balaban J connectivity index is 2.37. The van der Waals surface area contributed by atoms with Gasteiger partial charge in [0.1, 0.15) is 11.6 Å². The van der Waals surface area contributed by atoms with Gasteiger partial charge >= 0.3 is 0 Å². The van der Waals surface area contributed by atoms with Gasteiger partial charge < -0.3 is 5.11 Å². The van der Waals surface area contributed by atoms with Crippen LogP contribution in [0, 0.1) is 29.1 Å². The Hall–Kier alpha value is -1.73. The summed E-state index contributed by atoms with van der Waals surface area (Å²) in [5.74, 6) is 1.69. The van der Waals surface area contributed by atoms with Crippen LogP contribution in [0.1, 0.15) is 119 Å². The molecule has 0 aromatic rings. The lowest BCUT2D eigenvalue weighted by Gasteiger charge is -2.26. The summed E-state index contributed by atoms with van der Waals surface area (Å²) >= 11 is 0. The molecule has 0 radical (unpaired) electrons. The van der Waals surface area contributed by atoms with Crippen LogP contribution in [0.2, 0.25) is 0 Å². The third-order valence-corrected chi connectivity index (χ3v) is 7.32. The molecule has 0 heterocycles. The van der Waals surface area contributed by atoms with Gasteiger partial charge in [0.25, 0.3) is 0 Å². The van der Waals surface area contributed by atoms with E-state index in [0.29, 0.717) is 36.3 Å². The summed E-state index contributed by atoms with van der Waals surface area (Å²) < 4.78 is 0. The Kier molecular flexibility index (Phi) is 12.3. The molecule has 0 aliphatic heterocycles. The predicted octanol–water partition coefficient (Wildman–Crippen LogP) is 7.27. The molecule has 1 aliphatic rings. The normalized spacial score (nSPS) is 18.5. The minimum Gasteiger partial charge on any atom is -0.390 e. The molecule has 3 unspecified atom stereocenters. The van der Waals surface area contributed by atoms with Crippen LogP contribution >= 0.6 is 0 Å². The molecule has 0 aromatic heterocycles. The minimum absolute atomic E-state index is 0.0491. The average Bonchev–Trinajstić information content (AvgIpc) is 2.72. The maximum Gasteiger partial charge on any atom is 0.200 e. The van der Waals surface area contributed by atoms with Crippen molar-refractivity contribution in [1.82, 2.24) is 0 Å². The fourth-order valence-electron chi connectivity index (χ4n) is 4.77. The Morgan fingerprint density at radius 3 is 1.85 bits per heavy atom. The van der Waals surface area contributed by atoms with E-state index in [4.69, 9.17) is 5.26 Å². The maximum absolute atomic E-state index is 12.6. The lowest BCUT2D eigenvalue weighted by atomic mass is 9.81. The smallest absolute Gasteiger partial charge is 0.200 e. The van der Waals surface area contributed by atoms with Gasteiger partial charge in [0.15, 0.2) is 11.6 Å². The van der Waals surface area contributed by atoms with E-state index in [-0.39, 0.29) is 22.7 Å². The first-order chi connectivity index (χ1) is 15.4. The van der Waals surface area contributed by atoms with E-state index in [0.717, 1.165) is 24.7 Å². The van der Waals surface area contributed by atoms with E-state index in [1.54, 1.807) is 6.92 Å². The lowest BCUT2D eigenvalue weighted by Crippen LogP contribution is -2.27. The van der Waals surface area contributed by atoms with Crippen LogP contribution in [0.25, 0.3) is 0 Å². The Bertz CT molecular complexity index is 779. The first-order valence-electron chi connectivity index (χ1n) is 13.0. The number of Topliss-reactive ketones (excluding diaryl/α,β-unsaturated/α-hetero) is 2. The summed E-state index contributed by atoms with van der Waals surface area (Å²) in [5, 5.41) is 20.0. The molecule has 4 nitrogen and oxygen atoms in total. The lowest BCUT2D eigenvalue weighted by molar-refractivity contribution is -0.116. The van der Waals surface area contributed by atoms with Crippen molar-refractivity contribution in [1.29, 1.82) is 5.26 Å². The molecular formula is C29H47NO3. The molecule has 33 heavy (non-hydrogen) atoms. The molecule has 186 valence electrons. The predicted molar refractivity (Wildman–Crippen MR) is 136 cm³/mol. The van der Waals surface area contributed by atoms with Crippen molar-refractivity contribution in [3.05, 3.63) is 22.3 Å². The van der Waals surface area contributed by atoms with Gasteiger partial charge in [-0.3, -0.25) is 9.59 Å². The molecule has 0 bridgehead atoms. The van der Waals surface area contributed by atoms with Crippen LogP contribution in [0.3, 0.4) is 0 Å². The Morgan fingerprint density at radius 2 is 1.33 bits per heavy atom. The summed E-state index contributed by atoms with van der Waals surface area (Å²) in [4.78, 5) is 25.0. The van der Waals surface area contributed by atoms with Gasteiger partial charge in [0.05, 0.1) is 5.60 Å². The van der Waals surface area contributed by atoms with Crippen molar-refractivity contribution >= 4 is 11.6 Å². The molecule has 0 amide bonds. The SMILES string of the molecule is CC1=C(C#N)C(=O)C(C)=C(CCC(C)(O)CCCC(C)CCCC(C)CCCC(C)C)C1=O. The van der Waals surface area contributed by atoms with Crippen molar-refractivity contribution in [2.75, 3.05) is 0 Å². The van der Waals surface area contributed by atoms with E-state index < -0.39 is 5.60 Å². The molecule has 0 saturated heterocycles. The number of carbonyl (C=O) groups excluding carboxylic acids is 2. The first-order valence-corrected chi connectivity index (χ1v) is 13.0. The Labute approximate surface area is 202 Å². The van der Waals surface area contributed by atoms with Crippen molar-refractivity contribution in [2.24, 2.45) is 17.8 Å². The first kappa shape index (κ1) is 29.3. The van der Waals surface area contributed by atoms with Crippen LogP contribution in [0.5, 0.6) is 0 Å². The standard InChI is InChI=1S/C29H47NO3/c1-20(2)11-8-12-21(3)13-9-14-22(4)15-10-17-29(7,33)18-16-25-23(5)28(32)26(19-30)24(6)27(25)31/h20-22,33H,8-18H2,1-7H3. The Morgan fingerprint density at radius 1 is 0.818 bits per heavy atom. The number of nitrogens with zero attached hydrogens (tertiary/aromatic N) is 1. The highest BCUT2D eigenvalue weighted by atomic mass is 16.3. The van der Waals surface area contributed by atoms with Gasteiger partial charge in [-0.2, -0.15) is 5.26 Å². The van der Waals surface area contributed by atoms with Crippen molar-refractivity contribution < 1.29 is 14.7 Å². The number of hydrogen-bond donors (Lipinski definition) is 1. The molecule has 1 aliphatic carbocycles. The van der Waals surface area contributed by atoms with Crippen LogP contribution in [-0.4, -0.2) is 22.3 Å². The zero-order chi connectivity index (χ0) is 25.2. The topological polar surface area (TPSA) is 78.2 Å². The van der Waals surface area contributed by atoms with Crippen LogP contribution in [0.15, 0.2) is 22.3 Å². The molecule has 4 heteroatoms. The molecular weight excluding hydrogens is 410 g/mol. The summed E-state index contributed by atoms with van der Waals surface area (Å²) in [6.07, 6.45) is 11.4. The van der Waals surface area contributed by atoms with Crippen molar-refractivity contribution in [3.63, 3.8) is 0 Å². The minimum atomic E-state index is -0.867. The number of allylic oxidation sites excluding steroid dienone is 4. The molecule has 1 rings (SSSR count). The van der Waals surface area contributed by atoms with E-state index in [9.17, 15) is 14.7 Å². The summed E-state index contributed by atoms with van der Waals surface area (Å²) in [6.45, 7) is 14.2. The van der Waals surface area contributed by atoms with Crippen molar-refractivity contribution in [2.45, 2.75) is 125 Å². The molecule has 0 fully saturated rings. The maximum atomic E-state index is 12.6. The highest BCUT2D eigenvalue weighted by Gasteiger charge is 2.31. The van der Waals surface area contributed by atoms with Gasteiger partial charge in [-0.05, 0) is 57.8 Å². The second kappa shape index (κ2) is 13.9.